The maximum absolute atomic E-state index is 11.9. The predicted octanol–water partition coefficient (Wildman–Crippen LogP) is 3.34. The molecule has 0 bridgehead atoms. The number of benzene rings is 1. The Morgan fingerprint density at radius 1 is 1.50 bits per heavy atom. The fourth-order valence-corrected chi connectivity index (χ4v) is 2.39. The zero-order chi connectivity index (χ0) is 13.7. The van der Waals surface area contributed by atoms with E-state index < -0.39 is 12.1 Å². The summed E-state index contributed by atoms with van der Waals surface area (Å²) >= 11 is 4.85. The maximum atomic E-state index is 11.9. The van der Waals surface area contributed by atoms with Crippen LogP contribution in [0.15, 0.2) is 27.6 Å². The molecule has 0 aliphatic carbocycles. The van der Waals surface area contributed by atoms with Crippen LogP contribution in [0.3, 0.4) is 0 Å². The van der Waals surface area contributed by atoms with Crippen molar-refractivity contribution in [3.05, 3.63) is 28.2 Å². The van der Waals surface area contributed by atoms with Gasteiger partial charge >= 0.3 is 5.97 Å². The third-order valence-corrected chi connectivity index (χ3v) is 3.81. The van der Waals surface area contributed by atoms with E-state index in [1.807, 2.05) is 26.2 Å². The molecule has 5 heteroatoms. The molecule has 18 heavy (non-hydrogen) atoms. The largest absolute Gasteiger partial charge is 0.459 e. The molecule has 3 nitrogen and oxygen atoms in total. The molecule has 0 saturated heterocycles. The molecule has 100 valence electrons. The standard InChI is InChI=1S/C13H17BrO3S/c1-8(2)11(15)7-17-13(16)10-5-4-9(14)6-12(10)18-3/h4-6,8,11,15H,7H2,1-3H3. The lowest BCUT2D eigenvalue weighted by atomic mass is 10.1. The van der Waals surface area contributed by atoms with Crippen molar-refractivity contribution >= 4 is 33.7 Å². The van der Waals surface area contributed by atoms with Crippen LogP contribution in [0.2, 0.25) is 0 Å². The van der Waals surface area contributed by atoms with Gasteiger partial charge in [0.05, 0.1) is 11.7 Å². The van der Waals surface area contributed by atoms with Gasteiger partial charge < -0.3 is 9.84 Å². The van der Waals surface area contributed by atoms with E-state index in [2.05, 4.69) is 15.9 Å². The molecule has 0 saturated carbocycles. The van der Waals surface area contributed by atoms with E-state index in [-0.39, 0.29) is 12.5 Å². The Morgan fingerprint density at radius 2 is 2.17 bits per heavy atom. The van der Waals surface area contributed by atoms with Gasteiger partial charge in [0, 0.05) is 9.37 Å². The molecule has 1 N–H and O–H groups in total. The van der Waals surface area contributed by atoms with Crippen LogP contribution >= 0.6 is 27.7 Å². The molecular formula is C13H17BrO3S. The Morgan fingerprint density at radius 3 is 2.72 bits per heavy atom. The minimum Gasteiger partial charge on any atom is -0.459 e. The van der Waals surface area contributed by atoms with E-state index in [1.165, 1.54) is 11.8 Å². The molecule has 0 aromatic heterocycles. The number of thioether (sulfide) groups is 1. The smallest absolute Gasteiger partial charge is 0.339 e. The molecule has 1 aromatic rings. The van der Waals surface area contributed by atoms with E-state index in [1.54, 1.807) is 12.1 Å². The highest BCUT2D eigenvalue weighted by molar-refractivity contribution is 9.10. The van der Waals surface area contributed by atoms with Crippen molar-refractivity contribution in [1.82, 2.24) is 0 Å². The molecule has 1 aromatic carbocycles. The second kappa shape index (κ2) is 7.16. The molecule has 1 unspecified atom stereocenters. The van der Waals surface area contributed by atoms with Crippen LogP contribution in [0.5, 0.6) is 0 Å². The predicted molar refractivity (Wildman–Crippen MR) is 77.1 cm³/mol. The third kappa shape index (κ3) is 4.30. The zero-order valence-electron chi connectivity index (χ0n) is 10.6. The number of hydrogen-bond acceptors (Lipinski definition) is 4. The van der Waals surface area contributed by atoms with Crippen molar-refractivity contribution in [2.45, 2.75) is 24.8 Å². The number of aliphatic hydroxyl groups is 1. The van der Waals surface area contributed by atoms with Gasteiger partial charge in [-0.2, -0.15) is 0 Å². The number of rotatable bonds is 5. The van der Waals surface area contributed by atoms with Gasteiger partial charge in [0.15, 0.2) is 0 Å². The van der Waals surface area contributed by atoms with Crippen LogP contribution in [0, 0.1) is 5.92 Å². The van der Waals surface area contributed by atoms with E-state index in [0.717, 1.165) is 9.37 Å². The number of hydrogen-bond donors (Lipinski definition) is 1. The lowest BCUT2D eigenvalue weighted by Gasteiger charge is -2.15. The highest BCUT2D eigenvalue weighted by Crippen LogP contribution is 2.25. The Bertz CT molecular complexity index is 421. The molecule has 0 aliphatic rings. The second-order valence-electron chi connectivity index (χ2n) is 4.25. The quantitative estimate of drug-likeness (QED) is 0.663. The molecule has 0 aliphatic heterocycles. The van der Waals surface area contributed by atoms with Crippen molar-refractivity contribution in [1.29, 1.82) is 0 Å². The van der Waals surface area contributed by atoms with Crippen LogP contribution in [0.4, 0.5) is 0 Å². The average molecular weight is 333 g/mol. The average Bonchev–Trinajstić information content (AvgIpc) is 2.34. The first-order chi connectivity index (χ1) is 8.45. The molecule has 0 spiro atoms. The highest BCUT2D eigenvalue weighted by atomic mass is 79.9. The number of ether oxygens (including phenoxy) is 1. The first-order valence-corrected chi connectivity index (χ1v) is 7.66. The van der Waals surface area contributed by atoms with Crippen LogP contribution in [-0.4, -0.2) is 30.0 Å². The summed E-state index contributed by atoms with van der Waals surface area (Å²) in [6.45, 7) is 3.79. The van der Waals surface area contributed by atoms with E-state index >= 15 is 0 Å². The number of halogens is 1. The van der Waals surface area contributed by atoms with Gasteiger partial charge in [-0.05, 0) is 30.4 Å². The first-order valence-electron chi connectivity index (χ1n) is 5.64. The number of aliphatic hydroxyl groups excluding tert-OH is 1. The fourth-order valence-electron chi connectivity index (χ4n) is 1.26. The van der Waals surface area contributed by atoms with Gasteiger partial charge in [-0.1, -0.05) is 29.8 Å². The van der Waals surface area contributed by atoms with Gasteiger partial charge in [0.2, 0.25) is 0 Å². The summed E-state index contributed by atoms with van der Waals surface area (Å²) in [7, 11) is 0. The Labute approximate surface area is 120 Å². The minimum absolute atomic E-state index is 0.0282. The van der Waals surface area contributed by atoms with E-state index in [0.29, 0.717) is 5.56 Å². The molecule has 0 amide bonds. The van der Waals surface area contributed by atoms with Gasteiger partial charge in [-0.25, -0.2) is 4.79 Å². The van der Waals surface area contributed by atoms with Crippen molar-refractivity contribution in [2.24, 2.45) is 5.92 Å². The van der Waals surface area contributed by atoms with Crippen LogP contribution < -0.4 is 0 Å². The van der Waals surface area contributed by atoms with Gasteiger partial charge in [-0.3, -0.25) is 0 Å². The van der Waals surface area contributed by atoms with Gasteiger partial charge in [0.1, 0.15) is 6.61 Å². The Hall–Kier alpha value is -0.520. The molecule has 1 atom stereocenters. The first kappa shape index (κ1) is 15.5. The Kier molecular flexibility index (Phi) is 6.18. The minimum atomic E-state index is -0.623. The van der Waals surface area contributed by atoms with Crippen molar-refractivity contribution < 1.29 is 14.6 Å². The summed E-state index contributed by atoms with van der Waals surface area (Å²) in [6.07, 6.45) is 1.28. The van der Waals surface area contributed by atoms with E-state index in [4.69, 9.17) is 4.74 Å². The van der Waals surface area contributed by atoms with Crippen LogP contribution in [-0.2, 0) is 4.74 Å². The SMILES string of the molecule is CSc1cc(Br)ccc1C(=O)OCC(O)C(C)C. The van der Waals surface area contributed by atoms with Crippen molar-refractivity contribution in [3.8, 4) is 0 Å². The molecule has 0 radical (unpaired) electrons. The van der Waals surface area contributed by atoms with Crippen LogP contribution in [0.1, 0.15) is 24.2 Å². The van der Waals surface area contributed by atoms with E-state index in [9.17, 15) is 9.90 Å². The summed E-state index contributed by atoms with van der Waals surface area (Å²) in [6, 6.07) is 5.40. The molecule has 1 rings (SSSR count). The number of carbonyl (C=O) groups excluding carboxylic acids is 1. The molecule has 0 fully saturated rings. The van der Waals surface area contributed by atoms with Crippen molar-refractivity contribution in [3.63, 3.8) is 0 Å². The second-order valence-corrected chi connectivity index (χ2v) is 6.02. The number of esters is 1. The zero-order valence-corrected chi connectivity index (χ0v) is 13.0. The summed E-state index contributed by atoms with van der Waals surface area (Å²) in [5, 5.41) is 9.60. The Balaban J connectivity index is 2.72. The third-order valence-electron chi connectivity index (χ3n) is 2.54. The summed E-state index contributed by atoms with van der Waals surface area (Å²) < 4.78 is 6.04. The fraction of sp³-hybridized carbons (Fsp3) is 0.462. The highest BCUT2D eigenvalue weighted by Gasteiger charge is 2.16. The maximum Gasteiger partial charge on any atom is 0.339 e. The molecule has 0 heterocycles. The summed E-state index contributed by atoms with van der Waals surface area (Å²) in [4.78, 5) is 12.8. The van der Waals surface area contributed by atoms with Crippen LogP contribution in [0.25, 0.3) is 0 Å². The number of carbonyl (C=O) groups is 1. The van der Waals surface area contributed by atoms with Crippen molar-refractivity contribution in [2.75, 3.05) is 12.9 Å². The monoisotopic (exact) mass is 332 g/mol. The summed E-state index contributed by atoms with van der Waals surface area (Å²) in [5.41, 5.74) is 0.529. The van der Waals surface area contributed by atoms with Gasteiger partial charge in [-0.15, -0.1) is 11.8 Å². The normalized spacial score (nSPS) is 12.6. The topological polar surface area (TPSA) is 46.5 Å². The lowest BCUT2D eigenvalue weighted by Crippen LogP contribution is -2.23. The van der Waals surface area contributed by atoms with Gasteiger partial charge in [0.25, 0.3) is 0 Å². The molecular weight excluding hydrogens is 316 g/mol. The summed E-state index contributed by atoms with van der Waals surface area (Å²) in [5.74, 6) is -0.325. The lowest BCUT2D eigenvalue weighted by molar-refractivity contribution is 0.0134.